The van der Waals surface area contributed by atoms with Gasteiger partial charge in [0, 0.05) is 18.0 Å². The maximum atomic E-state index is 13.2. The summed E-state index contributed by atoms with van der Waals surface area (Å²) in [6.07, 6.45) is 0.714. The highest BCUT2D eigenvalue weighted by molar-refractivity contribution is 7.99. The molecule has 0 saturated carbocycles. The van der Waals surface area contributed by atoms with Gasteiger partial charge in [-0.15, -0.1) is 0 Å². The first-order chi connectivity index (χ1) is 13.1. The van der Waals surface area contributed by atoms with Crippen LogP contribution in [-0.2, 0) is 6.18 Å². The van der Waals surface area contributed by atoms with E-state index < -0.39 is 17.4 Å². The van der Waals surface area contributed by atoms with E-state index >= 15 is 0 Å². The predicted octanol–water partition coefficient (Wildman–Crippen LogP) is 3.93. The molecular weight excluding hydrogens is 391 g/mol. The van der Waals surface area contributed by atoms with E-state index in [0.29, 0.717) is 5.82 Å². The van der Waals surface area contributed by atoms with Crippen LogP contribution in [0.5, 0.6) is 0 Å². The number of alkyl halides is 3. The third kappa shape index (κ3) is 4.43. The van der Waals surface area contributed by atoms with E-state index in [9.17, 15) is 18.0 Å². The molecule has 2 aromatic rings. The van der Waals surface area contributed by atoms with Crippen molar-refractivity contribution in [1.29, 1.82) is 0 Å². The first-order valence-corrected chi connectivity index (χ1v) is 9.78. The molecule has 0 aliphatic carbocycles. The second-order valence-electron chi connectivity index (χ2n) is 7.27. The van der Waals surface area contributed by atoms with Crippen molar-refractivity contribution in [2.45, 2.75) is 49.2 Å². The largest absolute Gasteiger partial charge is 0.434 e. The van der Waals surface area contributed by atoms with E-state index in [1.165, 1.54) is 12.3 Å². The normalized spacial score (nSPS) is 17.0. The molecular formula is C18H22F3N5OS. The van der Waals surface area contributed by atoms with E-state index in [0.717, 1.165) is 50.3 Å². The van der Waals surface area contributed by atoms with E-state index in [1.807, 2.05) is 4.90 Å². The van der Waals surface area contributed by atoms with Gasteiger partial charge in [-0.2, -0.15) is 13.2 Å². The number of nitrogens with zero attached hydrogens (tertiary/aromatic N) is 3. The van der Waals surface area contributed by atoms with Crippen LogP contribution in [0.4, 0.5) is 24.7 Å². The molecule has 3 heterocycles. The van der Waals surface area contributed by atoms with Gasteiger partial charge in [0.05, 0.1) is 23.1 Å². The first-order valence-electron chi connectivity index (χ1n) is 8.96. The fraction of sp³-hybridized carbons (Fsp3) is 0.500. The van der Waals surface area contributed by atoms with Gasteiger partial charge in [-0.25, -0.2) is 9.97 Å². The zero-order valence-electron chi connectivity index (χ0n) is 15.6. The van der Waals surface area contributed by atoms with Crippen LogP contribution in [0.25, 0.3) is 0 Å². The molecule has 1 saturated heterocycles. The molecule has 3 rings (SSSR count). The Hall–Kier alpha value is -2.23. The maximum Gasteiger partial charge on any atom is 0.434 e. The number of hydrogen-bond acceptors (Lipinski definition) is 6. The Kier molecular flexibility index (Phi) is 5.60. The number of aromatic nitrogens is 3. The molecule has 0 amide bonds. The lowest BCUT2D eigenvalue weighted by Crippen LogP contribution is -2.41. The van der Waals surface area contributed by atoms with Crippen LogP contribution >= 0.6 is 11.8 Å². The van der Waals surface area contributed by atoms with Gasteiger partial charge in [-0.3, -0.25) is 4.79 Å². The Bertz CT molecular complexity index is 907. The number of H-pyrrole nitrogens is 1. The Morgan fingerprint density at radius 3 is 2.54 bits per heavy atom. The molecule has 6 nitrogen and oxygen atoms in total. The van der Waals surface area contributed by atoms with Crippen molar-refractivity contribution in [2.75, 3.05) is 23.7 Å². The SMILES string of the molecule is CCC1(C)CCN(c2ncc(Sc3cc(N)cnc3C(F)(F)F)[nH]c2=O)CC1. The van der Waals surface area contributed by atoms with Crippen molar-refractivity contribution >= 4 is 23.3 Å². The summed E-state index contributed by atoms with van der Waals surface area (Å²) in [7, 11) is 0. The summed E-state index contributed by atoms with van der Waals surface area (Å²) in [5, 5.41) is 0.196. The Morgan fingerprint density at radius 1 is 1.29 bits per heavy atom. The Labute approximate surface area is 164 Å². The number of halogens is 3. The van der Waals surface area contributed by atoms with Gasteiger partial charge >= 0.3 is 6.18 Å². The number of nitrogens with two attached hydrogens (primary N) is 1. The van der Waals surface area contributed by atoms with Crippen molar-refractivity contribution in [3.63, 3.8) is 0 Å². The van der Waals surface area contributed by atoms with Crippen molar-refractivity contribution < 1.29 is 13.2 Å². The van der Waals surface area contributed by atoms with Crippen LogP contribution in [0.1, 0.15) is 38.8 Å². The van der Waals surface area contributed by atoms with E-state index in [2.05, 4.69) is 28.8 Å². The highest BCUT2D eigenvalue weighted by atomic mass is 32.2. The minimum atomic E-state index is -4.62. The van der Waals surface area contributed by atoms with Gasteiger partial charge in [0.1, 0.15) is 0 Å². The molecule has 152 valence electrons. The number of nitrogen functional groups attached to an aromatic ring is 1. The van der Waals surface area contributed by atoms with Crippen molar-refractivity contribution in [1.82, 2.24) is 15.0 Å². The van der Waals surface area contributed by atoms with Gasteiger partial charge in [0.15, 0.2) is 11.5 Å². The summed E-state index contributed by atoms with van der Waals surface area (Å²) in [6.45, 7) is 5.85. The second kappa shape index (κ2) is 7.65. The quantitative estimate of drug-likeness (QED) is 0.790. The molecule has 28 heavy (non-hydrogen) atoms. The summed E-state index contributed by atoms with van der Waals surface area (Å²) in [5.41, 5.74) is 4.48. The van der Waals surface area contributed by atoms with E-state index in [-0.39, 0.29) is 21.0 Å². The molecule has 0 atom stereocenters. The maximum absolute atomic E-state index is 13.2. The predicted molar refractivity (Wildman–Crippen MR) is 102 cm³/mol. The lowest BCUT2D eigenvalue weighted by atomic mass is 9.78. The first kappa shape index (κ1) is 20.5. The van der Waals surface area contributed by atoms with Crippen LogP contribution < -0.4 is 16.2 Å². The summed E-state index contributed by atoms with van der Waals surface area (Å²) in [4.78, 5) is 24.4. The van der Waals surface area contributed by atoms with Crippen LogP contribution in [0.15, 0.2) is 33.2 Å². The fourth-order valence-electron chi connectivity index (χ4n) is 3.14. The Balaban J connectivity index is 1.81. The van der Waals surface area contributed by atoms with E-state index in [1.54, 1.807) is 0 Å². The molecule has 0 unspecified atom stereocenters. The molecule has 2 aromatic heterocycles. The molecule has 1 fully saturated rings. The smallest absolute Gasteiger partial charge is 0.397 e. The Morgan fingerprint density at radius 2 is 1.96 bits per heavy atom. The van der Waals surface area contributed by atoms with Crippen molar-refractivity contribution in [3.8, 4) is 0 Å². The van der Waals surface area contributed by atoms with Gasteiger partial charge in [-0.05, 0) is 24.3 Å². The highest BCUT2D eigenvalue weighted by Gasteiger charge is 2.36. The molecule has 3 N–H and O–H groups in total. The van der Waals surface area contributed by atoms with Crippen LogP contribution in [0.2, 0.25) is 0 Å². The zero-order valence-corrected chi connectivity index (χ0v) is 16.5. The third-order valence-corrected chi connectivity index (χ3v) is 6.19. The number of aromatic amines is 1. The lowest BCUT2D eigenvalue weighted by Gasteiger charge is -2.39. The number of pyridine rings is 1. The number of anilines is 2. The number of nitrogens with one attached hydrogen (secondary N) is 1. The third-order valence-electron chi connectivity index (χ3n) is 5.23. The molecule has 0 radical (unpaired) electrons. The van der Waals surface area contributed by atoms with Crippen LogP contribution in [0, 0.1) is 5.41 Å². The molecule has 1 aliphatic heterocycles. The lowest BCUT2D eigenvalue weighted by molar-refractivity contribution is -0.143. The molecule has 1 aliphatic rings. The van der Waals surface area contributed by atoms with Crippen LogP contribution in [0.3, 0.4) is 0 Å². The van der Waals surface area contributed by atoms with Crippen molar-refractivity contribution in [3.05, 3.63) is 34.5 Å². The van der Waals surface area contributed by atoms with Gasteiger partial charge in [-0.1, -0.05) is 32.0 Å². The number of rotatable bonds is 4. The molecule has 0 aromatic carbocycles. The molecule has 10 heteroatoms. The minimum Gasteiger partial charge on any atom is -0.397 e. The molecule has 0 spiro atoms. The number of piperidine rings is 1. The van der Waals surface area contributed by atoms with Gasteiger partial charge in [0.25, 0.3) is 5.56 Å². The van der Waals surface area contributed by atoms with Gasteiger partial charge < -0.3 is 15.6 Å². The van der Waals surface area contributed by atoms with Crippen molar-refractivity contribution in [2.24, 2.45) is 5.41 Å². The minimum absolute atomic E-state index is 0.106. The standard InChI is InChI=1S/C18H22F3N5OS/c1-3-17(2)4-6-26(7-5-17)15-16(27)25-13(10-24-15)28-12-8-11(22)9-23-14(12)18(19,20)21/h8-10H,3-7,22H2,1-2H3,(H,25,27). The summed E-state index contributed by atoms with van der Waals surface area (Å²) < 4.78 is 39.5. The topological polar surface area (TPSA) is 87.9 Å². The average Bonchev–Trinajstić information content (AvgIpc) is 2.62. The number of hydrogen-bond donors (Lipinski definition) is 2. The zero-order chi connectivity index (χ0) is 20.5. The summed E-state index contributed by atoms with van der Waals surface area (Å²) >= 11 is 0.729. The summed E-state index contributed by atoms with van der Waals surface area (Å²) in [5.74, 6) is 0.296. The van der Waals surface area contributed by atoms with Gasteiger partial charge in [0.2, 0.25) is 0 Å². The monoisotopic (exact) mass is 413 g/mol. The fourth-order valence-corrected chi connectivity index (χ4v) is 4.08. The average molecular weight is 413 g/mol. The second-order valence-corrected chi connectivity index (χ2v) is 8.35. The summed E-state index contributed by atoms with van der Waals surface area (Å²) in [6, 6.07) is 1.18. The highest BCUT2D eigenvalue weighted by Crippen LogP contribution is 2.38. The molecule has 0 bridgehead atoms. The van der Waals surface area contributed by atoms with E-state index in [4.69, 9.17) is 5.73 Å². The van der Waals surface area contributed by atoms with Crippen LogP contribution in [-0.4, -0.2) is 28.0 Å².